The minimum atomic E-state index is -0.103. The highest BCUT2D eigenvalue weighted by molar-refractivity contribution is 6.01. The lowest BCUT2D eigenvalue weighted by Gasteiger charge is -2.24. The minimum absolute atomic E-state index is 0.0967. The summed E-state index contributed by atoms with van der Waals surface area (Å²) in [5.41, 5.74) is 3.75. The first kappa shape index (κ1) is 14.9. The summed E-state index contributed by atoms with van der Waals surface area (Å²) in [4.78, 5) is 21.7. The van der Waals surface area contributed by atoms with Gasteiger partial charge in [0, 0.05) is 42.8 Å². The Labute approximate surface area is 139 Å². The standard InChI is InChI=1S/C17H20N6O/c1-10-8-11(2)23-16(19-10)15(12(3)21-23)17(24)20-13-4-5-14-18-6-7-22(14)9-13/h6-8,13H,4-5,9H2,1-3H3,(H,20,24). The predicted octanol–water partition coefficient (Wildman–Crippen LogP) is 1.60. The average Bonchev–Trinajstić information content (AvgIpc) is 3.10. The molecule has 1 N–H and O–H groups in total. The van der Waals surface area contributed by atoms with Gasteiger partial charge in [-0.25, -0.2) is 14.5 Å². The zero-order chi connectivity index (χ0) is 16.8. The fourth-order valence-electron chi connectivity index (χ4n) is 3.43. The molecule has 0 aromatic carbocycles. The number of rotatable bonds is 2. The van der Waals surface area contributed by atoms with Crippen LogP contribution in [0, 0.1) is 20.8 Å². The Morgan fingerprint density at radius 2 is 2.17 bits per heavy atom. The zero-order valence-corrected chi connectivity index (χ0v) is 14.1. The van der Waals surface area contributed by atoms with Gasteiger partial charge in [0.2, 0.25) is 0 Å². The first-order chi connectivity index (χ1) is 11.5. The van der Waals surface area contributed by atoms with E-state index in [-0.39, 0.29) is 11.9 Å². The lowest BCUT2D eigenvalue weighted by molar-refractivity contribution is 0.0928. The molecule has 1 amide bonds. The molecule has 24 heavy (non-hydrogen) atoms. The fourth-order valence-corrected chi connectivity index (χ4v) is 3.43. The number of aromatic nitrogens is 5. The topological polar surface area (TPSA) is 77.1 Å². The van der Waals surface area contributed by atoms with Crippen molar-refractivity contribution >= 4 is 11.6 Å². The van der Waals surface area contributed by atoms with E-state index >= 15 is 0 Å². The summed E-state index contributed by atoms with van der Waals surface area (Å²) in [6.45, 7) is 6.51. The van der Waals surface area contributed by atoms with Crippen LogP contribution in [0.5, 0.6) is 0 Å². The van der Waals surface area contributed by atoms with Crippen molar-refractivity contribution in [3.8, 4) is 0 Å². The molecule has 4 rings (SSSR count). The maximum atomic E-state index is 12.9. The lowest BCUT2D eigenvalue weighted by Crippen LogP contribution is -2.41. The van der Waals surface area contributed by atoms with E-state index in [1.165, 1.54) is 0 Å². The third-order valence-corrected chi connectivity index (χ3v) is 4.57. The molecule has 7 nitrogen and oxygen atoms in total. The maximum absolute atomic E-state index is 12.9. The molecular weight excluding hydrogens is 304 g/mol. The number of nitrogens with one attached hydrogen (secondary N) is 1. The quantitative estimate of drug-likeness (QED) is 0.777. The summed E-state index contributed by atoms with van der Waals surface area (Å²) in [5.74, 6) is 0.981. The molecular formula is C17H20N6O. The Morgan fingerprint density at radius 3 is 3.00 bits per heavy atom. The summed E-state index contributed by atoms with van der Waals surface area (Å²) >= 11 is 0. The highest BCUT2D eigenvalue weighted by atomic mass is 16.1. The molecule has 1 aliphatic heterocycles. The van der Waals surface area contributed by atoms with Gasteiger partial charge in [0.1, 0.15) is 11.4 Å². The van der Waals surface area contributed by atoms with E-state index in [9.17, 15) is 4.79 Å². The molecule has 0 spiro atoms. The van der Waals surface area contributed by atoms with Crippen LogP contribution in [0.15, 0.2) is 18.5 Å². The van der Waals surface area contributed by atoms with Crippen molar-refractivity contribution in [2.24, 2.45) is 0 Å². The zero-order valence-electron chi connectivity index (χ0n) is 14.1. The van der Waals surface area contributed by atoms with E-state index < -0.39 is 0 Å². The highest BCUT2D eigenvalue weighted by Gasteiger charge is 2.24. The molecule has 0 aliphatic carbocycles. The van der Waals surface area contributed by atoms with Gasteiger partial charge in [0.25, 0.3) is 5.91 Å². The Bertz CT molecular complexity index is 938. The van der Waals surface area contributed by atoms with Crippen LogP contribution in [0.3, 0.4) is 0 Å². The first-order valence-corrected chi connectivity index (χ1v) is 8.17. The van der Waals surface area contributed by atoms with Gasteiger partial charge >= 0.3 is 0 Å². The van der Waals surface area contributed by atoms with E-state index in [4.69, 9.17) is 0 Å². The number of hydrogen-bond acceptors (Lipinski definition) is 4. The fraction of sp³-hybridized carbons (Fsp3) is 0.412. The number of amides is 1. The highest BCUT2D eigenvalue weighted by Crippen LogP contribution is 2.18. The smallest absolute Gasteiger partial charge is 0.257 e. The molecule has 4 heterocycles. The number of nitrogens with zero attached hydrogens (tertiary/aromatic N) is 5. The largest absolute Gasteiger partial charge is 0.347 e. The SMILES string of the molecule is Cc1cc(C)n2nc(C)c(C(=O)NC3CCc4nccn4C3)c2n1. The number of fused-ring (bicyclic) bond motifs is 2. The van der Waals surface area contributed by atoms with Crippen molar-refractivity contribution in [2.45, 2.75) is 46.2 Å². The first-order valence-electron chi connectivity index (χ1n) is 8.17. The Kier molecular flexibility index (Phi) is 3.37. The van der Waals surface area contributed by atoms with Crippen LogP contribution < -0.4 is 5.32 Å². The van der Waals surface area contributed by atoms with Crippen molar-refractivity contribution in [1.82, 2.24) is 29.5 Å². The van der Waals surface area contributed by atoms with Crippen LogP contribution in [0.25, 0.3) is 5.65 Å². The molecule has 124 valence electrons. The minimum Gasteiger partial charge on any atom is -0.347 e. The monoisotopic (exact) mass is 324 g/mol. The van der Waals surface area contributed by atoms with Gasteiger partial charge in [-0.1, -0.05) is 0 Å². The normalized spacial score (nSPS) is 17.0. The molecule has 3 aromatic heterocycles. The van der Waals surface area contributed by atoms with Crippen LogP contribution in [0.2, 0.25) is 0 Å². The van der Waals surface area contributed by atoms with Gasteiger partial charge in [-0.05, 0) is 33.3 Å². The molecule has 1 aliphatic rings. The lowest BCUT2D eigenvalue weighted by atomic mass is 10.1. The van der Waals surface area contributed by atoms with E-state index in [2.05, 4.69) is 25.0 Å². The number of carbonyl (C=O) groups excluding carboxylic acids is 1. The van der Waals surface area contributed by atoms with E-state index in [0.29, 0.717) is 16.9 Å². The summed E-state index contributed by atoms with van der Waals surface area (Å²) < 4.78 is 3.84. The summed E-state index contributed by atoms with van der Waals surface area (Å²) in [7, 11) is 0. The van der Waals surface area contributed by atoms with Crippen LogP contribution in [0.4, 0.5) is 0 Å². The molecule has 0 fully saturated rings. The molecule has 7 heteroatoms. The van der Waals surface area contributed by atoms with Crippen molar-refractivity contribution in [2.75, 3.05) is 0 Å². The van der Waals surface area contributed by atoms with E-state index in [1.807, 2.05) is 39.2 Å². The van der Waals surface area contributed by atoms with Gasteiger partial charge in [0.05, 0.1) is 5.69 Å². The number of imidazole rings is 1. The van der Waals surface area contributed by atoms with Crippen molar-refractivity contribution in [3.05, 3.63) is 46.9 Å². The number of carbonyl (C=O) groups is 1. The second-order valence-corrected chi connectivity index (χ2v) is 6.44. The van der Waals surface area contributed by atoms with Gasteiger partial charge in [-0.3, -0.25) is 4.79 Å². The van der Waals surface area contributed by atoms with Crippen LogP contribution in [-0.4, -0.2) is 36.1 Å². The van der Waals surface area contributed by atoms with Gasteiger partial charge in [-0.2, -0.15) is 5.10 Å². The molecule has 0 saturated heterocycles. The van der Waals surface area contributed by atoms with Crippen LogP contribution >= 0.6 is 0 Å². The second kappa shape index (κ2) is 5.43. The van der Waals surface area contributed by atoms with Crippen molar-refractivity contribution in [3.63, 3.8) is 0 Å². The van der Waals surface area contributed by atoms with Crippen LogP contribution in [-0.2, 0) is 13.0 Å². The van der Waals surface area contributed by atoms with E-state index in [1.54, 1.807) is 4.52 Å². The Hall–Kier alpha value is -2.70. The Morgan fingerprint density at radius 1 is 1.33 bits per heavy atom. The maximum Gasteiger partial charge on any atom is 0.257 e. The molecule has 0 bridgehead atoms. The van der Waals surface area contributed by atoms with Crippen molar-refractivity contribution in [1.29, 1.82) is 0 Å². The summed E-state index contributed by atoms with van der Waals surface area (Å²) in [6, 6.07) is 2.06. The van der Waals surface area contributed by atoms with E-state index in [0.717, 1.165) is 36.6 Å². The number of hydrogen-bond donors (Lipinski definition) is 1. The van der Waals surface area contributed by atoms with Crippen molar-refractivity contribution < 1.29 is 4.79 Å². The number of aryl methyl sites for hydroxylation is 4. The predicted molar refractivity (Wildman–Crippen MR) is 89.0 cm³/mol. The summed E-state index contributed by atoms with van der Waals surface area (Å²) in [6.07, 6.45) is 5.54. The molecule has 0 radical (unpaired) electrons. The van der Waals surface area contributed by atoms with Gasteiger partial charge < -0.3 is 9.88 Å². The summed E-state index contributed by atoms with van der Waals surface area (Å²) in [5, 5.41) is 7.62. The molecule has 1 atom stereocenters. The average molecular weight is 324 g/mol. The molecule has 1 unspecified atom stereocenters. The van der Waals surface area contributed by atoms with Gasteiger partial charge in [-0.15, -0.1) is 0 Å². The third-order valence-electron chi connectivity index (χ3n) is 4.57. The molecule has 0 saturated carbocycles. The Balaban J connectivity index is 1.63. The van der Waals surface area contributed by atoms with Gasteiger partial charge in [0.15, 0.2) is 5.65 Å². The molecule has 3 aromatic rings. The third kappa shape index (κ3) is 2.36. The second-order valence-electron chi connectivity index (χ2n) is 6.44. The van der Waals surface area contributed by atoms with Crippen LogP contribution in [0.1, 0.15) is 39.7 Å².